The summed E-state index contributed by atoms with van der Waals surface area (Å²) >= 11 is 15.1. The first-order chi connectivity index (χ1) is 10.5. The number of nitrogens with one attached hydrogen (secondary N) is 1. The fraction of sp³-hybridized carbons (Fsp3) is 0.0667. The van der Waals surface area contributed by atoms with E-state index in [-0.39, 0.29) is 11.6 Å². The summed E-state index contributed by atoms with van der Waals surface area (Å²) in [6.07, 6.45) is 0.659. The Morgan fingerprint density at radius 2 is 2.05 bits per heavy atom. The summed E-state index contributed by atoms with van der Waals surface area (Å²) in [5.41, 5.74) is 0.747. The van der Waals surface area contributed by atoms with Gasteiger partial charge in [-0.1, -0.05) is 45.2 Å². The third-order valence-electron chi connectivity index (χ3n) is 2.68. The molecule has 7 heteroatoms. The van der Waals surface area contributed by atoms with Gasteiger partial charge in [0.2, 0.25) is 0 Å². The zero-order valence-electron chi connectivity index (χ0n) is 11.1. The first-order valence-corrected chi connectivity index (χ1v) is 7.67. The van der Waals surface area contributed by atoms with Gasteiger partial charge in [-0.15, -0.1) is 0 Å². The maximum absolute atomic E-state index is 11.9. The van der Waals surface area contributed by atoms with Crippen LogP contribution in [0.3, 0.4) is 0 Å². The van der Waals surface area contributed by atoms with Crippen LogP contribution in [0.15, 0.2) is 40.9 Å². The minimum Gasteiger partial charge on any atom is -0.483 e. The van der Waals surface area contributed by atoms with Crippen LogP contribution >= 0.6 is 39.1 Å². The van der Waals surface area contributed by atoms with Crippen LogP contribution in [0, 0.1) is 0 Å². The Balaban J connectivity index is 2.01. The van der Waals surface area contributed by atoms with E-state index in [0.717, 1.165) is 4.47 Å². The maximum atomic E-state index is 11.9. The predicted molar refractivity (Wildman–Crippen MR) is 90.1 cm³/mol. The van der Waals surface area contributed by atoms with Crippen LogP contribution < -0.4 is 10.1 Å². The second kappa shape index (κ2) is 7.63. The van der Waals surface area contributed by atoms with Gasteiger partial charge in [-0.05, 0) is 30.3 Å². The minimum absolute atomic E-state index is 0.259. The molecule has 0 unspecified atom stereocenters. The van der Waals surface area contributed by atoms with Crippen molar-refractivity contribution in [1.82, 2.24) is 0 Å². The molecule has 0 saturated carbocycles. The van der Waals surface area contributed by atoms with Crippen molar-refractivity contribution in [3.63, 3.8) is 0 Å². The Morgan fingerprint density at radius 1 is 1.27 bits per heavy atom. The monoisotopic (exact) mass is 401 g/mol. The summed E-state index contributed by atoms with van der Waals surface area (Å²) in [7, 11) is 0. The van der Waals surface area contributed by atoms with Crippen LogP contribution in [0.4, 0.5) is 5.69 Å². The lowest BCUT2D eigenvalue weighted by atomic mass is 10.2. The predicted octanol–water partition coefficient (Wildman–Crippen LogP) is 4.59. The highest BCUT2D eigenvalue weighted by atomic mass is 79.9. The second-order valence-electron chi connectivity index (χ2n) is 4.24. The third kappa shape index (κ3) is 4.22. The van der Waals surface area contributed by atoms with Gasteiger partial charge in [0.25, 0.3) is 5.91 Å². The number of halogens is 3. The molecule has 0 heterocycles. The van der Waals surface area contributed by atoms with Crippen LogP contribution in [0.2, 0.25) is 10.0 Å². The van der Waals surface area contributed by atoms with Crippen molar-refractivity contribution >= 4 is 57.0 Å². The minimum atomic E-state index is -0.413. The molecule has 0 spiro atoms. The highest BCUT2D eigenvalue weighted by molar-refractivity contribution is 9.10. The molecule has 0 aliphatic rings. The van der Waals surface area contributed by atoms with E-state index in [1.165, 1.54) is 0 Å². The number of carbonyl (C=O) groups is 2. The number of aldehydes is 1. The van der Waals surface area contributed by atoms with E-state index in [4.69, 9.17) is 27.9 Å². The normalized spacial score (nSPS) is 10.1. The zero-order valence-corrected chi connectivity index (χ0v) is 14.2. The Kier molecular flexibility index (Phi) is 5.83. The first-order valence-electron chi connectivity index (χ1n) is 6.12. The van der Waals surface area contributed by atoms with E-state index in [2.05, 4.69) is 21.2 Å². The van der Waals surface area contributed by atoms with Crippen LogP contribution in [0.25, 0.3) is 0 Å². The van der Waals surface area contributed by atoms with Gasteiger partial charge in [0.15, 0.2) is 12.9 Å². The van der Waals surface area contributed by atoms with Gasteiger partial charge in [-0.3, -0.25) is 9.59 Å². The standard InChI is InChI=1S/C15H10BrCl2NO3/c16-10-4-5-13(9(6-10)7-20)22-8-14(21)19-12-3-1-2-11(17)15(12)18/h1-7H,8H2,(H,19,21). The molecule has 2 aromatic carbocycles. The largest absolute Gasteiger partial charge is 0.483 e. The molecule has 2 rings (SSSR count). The van der Waals surface area contributed by atoms with Crippen molar-refractivity contribution < 1.29 is 14.3 Å². The molecule has 4 nitrogen and oxygen atoms in total. The lowest BCUT2D eigenvalue weighted by molar-refractivity contribution is -0.118. The Morgan fingerprint density at radius 3 is 2.77 bits per heavy atom. The van der Waals surface area contributed by atoms with Crippen LogP contribution in [0.1, 0.15) is 10.4 Å². The molecule has 0 atom stereocenters. The van der Waals surface area contributed by atoms with Gasteiger partial charge in [0, 0.05) is 4.47 Å². The van der Waals surface area contributed by atoms with Crippen molar-refractivity contribution in [2.45, 2.75) is 0 Å². The van der Waals surface area contributed by atoms with Gasteiger partial charge < -0.3 is 10.1 Å². The van der Waals surface area contributed by atoms with Gasteiger partial charge in [-0.2, -0.15) is 0 Å². The average Bonchev–Trinajstić information content (AvgIpc) is 2.50. The molecule has 0 aliphatic heterocycles. The topological polar surface area (TPSA) is 55.4 Å². The smallest absolute Gasteiger partial charge is 0.262 e. The average molecular weight is 403 g/mol. The van der Waals surface area contributed by atoms with E-state index in [1.54, 1.807) is 36.4 Å². The molecule has 0 fully saturated rings. The first kappa shape index (κ1) is 16.8. The molecule has 0 bridgehead atoms. The van der Waals surface area contributed by atoms with Crippen molar-refractivity contribution in [1.29, 1.82) is 0 Å². The molecule has 1 N–H and O–H groups in total. The number of hydrogen-bond donors (Lipinski definition) is 1. The van der Waals surface area contributed by atoms with Gasteiger partial charge in [-0.25, -0.2) is 0 Å². The van der Waals surface area contributed by atoms with Crippen molar-refractivity contribution in [3.05, 3.63) is 56.5 Å². The van der Waals surface area contributed by atoms with Crippen LogP contribution in [0.5, 0.6) is 5.75 Å². The van der Waals surface area contributed by atoms with E-state index >= 15 is 0 Å². The fourth-order valence-electron chi connectivity index (χ4n) is 1.67. The van der Waals surface area contributed by atoms with E-state index < -0.39 is 5.91 Å². The van der Waals surface area contributed by atoms with Crippen molar-refractivity contribution in [2.24, 2.45) is 0 Å². The SMILES string of the molecule is O=Cc1cc(Br)ccc1OCC(=O)Nc1cccc(Cl)c1Cl. The number of ether oxygens (including phenoxy) is 1. The Labute approximate surface area is 145 Å². The van der Waals surface area contributed by atoms with Crippen molar-refractivity contribution in [2.75, 3.05) is 11.9 Å². The van der Waals surface area contributed by atoms with Crippen molar-refractivity contribution in [3.8, 4) is 5.75 Å². The lowest BCUT2D eigenvalue weighted by Gasteiger charge is -2.10. The van der Waals surface area contributed by atoms with Crippen LogP contribution in [-0.2, 0) is 4.79 Å². The lowest BCUT2D eigenvalue weighted by Crippen LogP contribution is -2.20. The maximum Gasteiger partial charge on any atom is 0.262 e. The number of rotatable bonds is 5. The Hall–Kier alpha value is -1.56. The molecule has 22 heavy (non-hydrogen) atoms. The number of benzene rings is 2. The quantitative estimate of drug-likeness (QED) is 0.744. The van der Waals surface area contributed by atoms with Gasteiger partial charge in [0.05, 0.1) is 21.3 Å². The summed E-state index contributed by atoms with van der Waals surface area (Å²) < 4.78 is 6.09. The molecular weight excluding hydrogens is 393 g/mol. The number of anilines is 1. The van der Waals surface area contributed by atoms with Gasteiger partial charge >= 0.3 is 0 Å². The van der Waals surface area contributed by atoms with E-state index in [0.29, 0.717) is 28.3 Å². The van der Waals surface area contributed by atoms with E-state index in [9.17, 15) is 9.59 Å². The molecule has 0 radical (unpaired) electrons. The molecule has 2 aromatic rings. The number of carbonyl (C=O) groups excluding carboxylic acids is 2. The summed E-state index contributed by atoms with van der Waals surface area (Å²) in [6.45, 7) is -0.259. The second-order valence-corrected chi connectivity index (χ2v) is 5.94. The highest BCUT2D eigenvalue weighted by Gasteiger charge is 2.10. The van der Waals surface area contributed by atoms with Crippen LogP contribution in [-0.4, -0.2) is 18.8 Å². The number of hydrogen-bond acceptors (Lipinski definition) is 3. The van der Waals surface area contributed by atoms with E-state index in [1.807, 2.05) is 0 Å². The highest BCUT2D eigenvalue weighted by Crippen LogP contribution is 2.29. The molecule has 0 saturated heterocycles. The summed E-state index contributed by atoms with van der Waals surface area (Å²) in [5.74, 6) is -0.0884. The van der Waals surface area contributed by atoms with Gasteiger partial charge in [0.1, 0.15) is 5.75 Å². The molecule has 114 valence electrons. The summed E-state index contributed by atoms with van der Waals surface area (Å²) in [4.78, 5) is 22.8. The molecule has 1 amide bonds. The fourth-order valence-corrected chi connectivity index (χ4v) is 2.40. The summed E-state index contributed by atoms with van der Waals surface area (Å²) in [6, 6.07) is 9.84. The summed E-state index contributed by atoms with van der Waals surface area (Å²) in [5, 5.41) is 3.20. The molecular formula is C15H10BrCl2NO3. The zero-order chi connectivity index (χ0) is 16.1. The Bertz CT molecular complexity index is 722. The molecule has 0 aromatic heterocycles. The third-order valence-corrected chi connectivity index (χ3v) is 4.00. The number of amides is 1. The molecule has 0 aliphatic carbocycles.